The van der Waals surface area contributed by atoms with Crippen LogP contribution in [-0.4, -0.2) is 4.57 Å². The molecule has 0 radical (unpaired) electrons. The van der Waals surface area contributed by atoms with Crippen molar-refractivity contribution in [2.45, 2.75) is 0 Å². The Morgan fingerprint density at radius 2 is 0.862 bits per heavy atom. The SMILES string of the molecule is c1ccc(-c2cccc3cccc(-c4ccc(N(c5ccc(-c6cccc7oc8ccccc8c67)cc5)c5ccc6c(ccc7c6c6ccccc6n7-c6ccccc6)c5)cc4)c23)cc1. The van der Waals surface area contributed by atoms with Crippen molar-refractivity contribution in [3.05, 3.63) is 243 Å². The molecule has 0 N–H and O–H groups in total. The van der Waals surface area contributed by atoms with Crippen LogP contribution in [-0.2, 0) is 0 Å². The molecule has 11 aromatic carbocycles. The van der Waals surface area contributed by atoms with Crippen LogP contribution < -0.4 is 4.90 Å². The Hall–Kier alpha value is -8.66. The van der Waals surface area contributed by atoms with E-state index in [9.17, 15) is 0 Å². The van der Waals surface area contributed by atoms with Gasteiger partial charge in [0.15, 0.2) is 0 Å². The summed E-state index contributed by atoms with van der Waals surface area (Å²) in [5, 5.41) is 9.68. The molecule has 2 heterocycles. The van der Waals surface area contributed by atoms with Gasteiger partial charge in [0.2, 0.25) is 0 Å². The molecule has 0 spiro atoms. The molecule has 304 valence electrons. The van der Waals surface area contributed by atoms with E-state index in [0.717, 1.165) is 55.8 Å². The van der Waals surface area contributed by atoms with E-state index in [-0.39, 0.29) is 0 Å². The highest BCUT2D eigenvalue weighted by Gasteiger charge is 2.19. The van der Waals surface area contributed by atoms with Gasteiger partial charge in [-0.15, -0.1) is 0 Å². The van der Waals surface area contributed by atoms with Gasteiger partial charge in [0.05, 0.1) is 11.0 Å². The number of aromatic nitrogens is 1. The predicted octanol–water partition coefficient (Wildman–Crippen LogP) is 17.5. The number of para-hydroxylation sites is 3. The number of benzene rings is 11. The predicted molar refractivity (Wildman–Crippen MR) is 274 cm³/mol. The van der Waals surface area contributed by atoms with Gasteiger partial charge in [0.25, 0.3) is 0 Å². The first kappa shape index (κ1) is 36.9. The molecule has 0 amide bonds. The van der Waals surface area contributed by atoms with Crippen LogP contribution >= 0.6 is 0 Å². The van der Waals surface area contributed by atoms with Crippen molar-refractivity contribution in [1.29, 1.82) is 0 Å². The van der Waals surface area contributed by atoms with Gasteiger partial charge in [-0.2, -0.15) is 0 Å². The molecule has 0 atom stereocenters. The summed E-state index contributed by atoms with van der Waals surface area (Å²) in [6.07, 6.45) is 0. The molecule has 0 aliphatic heterocycles. The maximum atomic E-state index is 6.29. The van der Waals surface area contributed by atoms with Crippen LogP contribution in [0.3, 0.4) is 0 Å². The van der Waals surface area contributed by atoms with E-state index in [4.69, 9.17) is 4.42 Å². The average molecular weight is 829 g/mol. The lowest BCUT2D eigenvalue weighted by Gasteiger charge is -2.26. The first-order chi connectivity index (χ1) is 32.2. The van der Waals surface area contributed by atoms with Gasteiger partial charge >= 0.3 is 0 Å². The molecule has 13 aromatic rings. The minimum atomic E-state index is 0.897. The van der Waals surface area contributed by atoms with Crippen molar-refractivity contribution in [3.8, 4) is 39.1 Å². The summed E-state index contributed by atoms with van der Waals surface area (Å²) in [5.41, 5.74) is 15.7. The molecule has 0 saturated heterocycles. The Bertz CT molecular complexity index is 3910. The van der Waals surface area contributed by atoms with Gasteiger partial charge in [-0.1, -0.05) is 170 Å². The van der Waals surface area contributed by atoms with Crippen molar-refractivity contribution >= 4 is 82.4 Å². The Morgan fingerprint density at radius 3 is 1.57 bits per heavy atom. The summed E-state index contributed by atoms with van der Waals surface area (Å²) >= 11 is 0. The lowest BCUT2D eigenvalue weighted by Crippen LogP contribution is -2.10. The van der Waals surface area contributed by atoms with Crippen LogP contribution in [0.25, 0.3) is 104 Å². The molecule has 2 aromatic heterocycles. The second-order valence-corrected chi connectivity index (χ2v) is 16.8. The Kier molecular flexibility index (Phi) is 8.53. The van der Waals surface area contributed by atoms with Crippen LogP contribution in [0.4, 0.5) is 17.1 Å². The number of nitrogens with zero attached hydrogens (tertiary/aromatic N) is 2. The molecule has 65 heavy (non-hydrogen) atoms. The molecular weight excluding hydrogens is 789 g/mol. The second kappa shape index (κ2) is 15.0. The van der Waals surface area contributed by atoms with Gasteiger partial charge in [-0.3, -0.25) is 0 Å². The largest absolute Gasteiger partial charge is 0.456 e. The lowest BCUT2D eigenvalue weighted by atomic mass is 9.91. The number of furan rings is 1. The van der Waals surface area contributed by atoms with E-state index in [1.165, 1.54) is 65.6 Å². The van der Waals surface area contributed by atoms with Gasteiger partial charge in [-0.05, 0) is 128 Å². The van der Waals surface area contributed by atoms with Gasteiger partial charge in [-0.25, -0.2) is 0 Å². The molecule has 3 heteroatoms. The maximum Gasteiger partial charge on any atom is 0.136 e. The van der Waals surface area contributed by atoms with Crippen molar-refractivity contribution < 1.29 is 4.42 Å². The van der Waals surface area contributed by atoms with Crippen molar-refractivity contribution in [3.63, 3.8) is 0 Å². The smallest absolute Gasteiger partial charge is 0.136 e. The minimum Gasteiger partial charge on any atom is -0.456 e. The van der Waals surface area contributed by atoms with Gasteiger partial charge in [0, 0.05) is 44.3 Å². The Labute approximate surface area is 376 Å². The van der Waals surface area contributed by atoms with Crippen LogP contribution in [0.1, 0.15) is 0 Å². The molecule has 0 bridgehead atoms. The molecule has 0 unspecified atom stereocenters. The van der Waals surface area contributed by atoms with Crippen molar-refractivity contribution in [1.82, 2.24) is 4.57 Å². The molecule has 3 nitrogen and oxygen atoms in total. The monoisotopic (exact) mass is 828 g/mol. The summed E-state index contributed by atoms with van der Waals surface area (Å²) < 4.78 is 8.67. The number of fused-ring (bicyclic) bond motifs is 9. The van der Waals surface area contributed by atoms with E-state index in [1.54, 1.807) is 0 Å². The molecule has 0 aliphatic rings. The van der Waals surface area contributed by atoms with E-state index >= 15 is 0 Å². The van der Waals surface area contributed by atoms with Crippen LogP contribution in [0.5, 0.6) is 0 Å². The van der Waals surface area contributed by atoms with E-state index in [1.807, 2.05) is 12.1 Å². The molecular formula is C62H40N2O. The number of anilines is 3. The summed E-state index contributed by atoms with van der Waals surface area (Å²) in [6.45, 7) is 0. The minimum absolute atomic E-state index is 0.897. The number of hydrogen-bond acceptors (Lipinski definition) is 2. The fourth-order valence-corrected chi connectivity index (χ4v) is 10.3. The lowest BCUT2D eigenvalue weighted by molar-refractivity contribution is 0.669. The summed E-state index contributed by atoms with van der Waals surface area (Å²) in [7, 11) is 0. The van der Waals surface area contributed by atoms with Gasteiger partial charge < -0.3 is 13.9 Å². The fraction of sp³-hybridized carbons (Fsp3) is 0. The highest BCUT2D eigenvalue weighted by atomic mass is 16.3. The van der Waals surface area contributed by atoms with E-state index < -0.39 is 0 Å². The summed E-state index contributed by atoms with van der Waals surface area (Å²) in [4.78, 5) is 2.39. The summed E-state index contributed by atoms with van der Waals surface area (Å²) in [5.74, 6) is 0. The molecule has 0 saturated carbocycles. The number of hydrogen-bond donors (Lipinski definition) is 0. The van der Waals surface area contributed by atoms with Crippen LogP contribution in [0.15, 0.2) is 247 Å². The van der Waals surface area contributed by atoms with Crippen LogP contribution in [0.2, 0.25) is 0 Å². The third-order valence-electron chi connectivity index (χ3n) is 13.2. The highest BCUT2D eigenvalue weighted by Crippen LogP contribution is 2.44. The Morgan fingerprint density at radius 1 is 0.308 bits per heavy atom. The van der Waals surface area contributed by atoms with E-state index in [2.05, 4.69) is 240 Å². The van der Waals surface area contributed by atoms with Crippen molar-refractivity contribution in [2.24, 2.45) is 0 Å². The standard InChI is InChI=1S/C62H40N2O/c1-3-14-41(15-4-1)50-22-11-16-44-17-12-23-51(60(44)50)42-28-33-47(34-29-42)63(48-35-30-43(31-36-48)52-24-13-27-59-62(52)55-21-8-10-26-58(55)65-59)49-37-38-53-45(40-49)32-39-57-61(53)54-20-7-9-25-56(54)64(57)46-18-5-2-6-19-46/h1-40H. The second-order valence-electron chi connectivity index (χ2n) is 16.8. The maximum absolute atomic E-state index is 6.29. The molecule has 0 aliphatic carbocycles. The van der Waals surface area contributed by atoms with E-state index in [0.29, 0.717) is 0 Å². The third-order valence-corrected chi connectivity index (χ3v) is 13.2. The normalized spacial score (nSPS) is 11.7. The first-order valence-electron chi connectivity index (χ1n) is 22.2. The first-order valence-corrected chi connectivity index (χ1v) is 22.2. The van der Waals surface area contributed by atoms with Crippen LogP contribution in [0, 0.1) is 0 Å². The average Bonchev–Trinajstić information content (AvgIpc) is 3.93. The quantitative estimate of drug-likeness (QED) is 0.160. The fourth-order valence-electron chi connectivity index (χ4n) is 10.3. The highest BCUT2D eigenvalue weighted by molar-refractivity contribution is 6.22. The molecule has 13 rings (SSSR count). The Balaban J connectivity index is 0.965. The zero-order chi connectivity index (χ0) is 42.8. The molecule has 0 fully saturated rings. The zero-order valence-electron chi connectivity index (χ0n) is 35.4. The summed E-state index contributed by atoms with van der Waals surface area (Å²) in [6, 6.07) is 87.7. The van der Waals surface area contributed by atoms with Crippen molar-refractivity contribution in [2.75, 3.05) is 4.90 Å². The third kappa shape index (κ3) is 6.05. The zero-order valence-corrected chi connectivity index (χ0v) is 35.4. The van der Waals surface area contributed by atoms with Gasteiger partial charge in [0.1, 0.15) is 11.2 Å². The topological polar surface area (TPSA) is 21.3 Å². The number of rotatable bonds is 7.